The second-order valence-corrected chi connectivity index (χ2v) is 13.4. The van der Waals surface area contributed by atoms with Crippen LogP contribution < -0.4 is 0 Å². The molecule has 0 spiro atoms. The van der Waals surface area contributed by atoms with Crippen molar-refractivity contribution >= 4 is 18.0 Å². The lowest BCUT2D eigenvalue weighted by Crippen LogP contribution is -2.41. The van der Waals surface area contributed by atoms with E-state index in [0.29, 0.717) is 18.6 Å². The highest BCUT2D eigenvalue weighted by molar-refractivity contribution is 8.02. The first-order chi connectivity index (χ1) is 18.2. The molecule has 4 aliphatic rings. The van der Waals surface area contributed by atoms with E-state index in [-0.39, 0.29) is 16.2 Å². The molecule has 0 N–H and O–H groups in total. The van der Waals surface area contributed by atoms with Crippen LogP contribution in [-0.4, -0.2) is 48.9 Å². The van der Waals surface area contributed by atoms with Crippen LogP contribution in [0, 0.1) is 11.3 Å². The quantitative estimate of drug-likeness (QED) is 0.356. The van der Waals surface area contributed by atoms with Crippen LogP contribution in [-0.2, 0) is 26.7 Å². The van der Waals surface area contributed by atoms with Crippen LogP contribution in [0.25, 0.3) is 0 Å². The van der Waals surface area contributed by atoms with Gasteiger partial charge < -0.3 is 14.0 Å². The Morgan fingerprint density at radius 2 is 1.95 bits per heavy atom. The fourth-order valence-corrected chi connectivity index (χ4v) is 6.93. The zero-order valence-corrected chi connectivity index (χ0v) is 24.9. The van der Waals surface area contributed by atoms with E-state index >= 15 is 0 Å². The first-order valence-electron chi connectivity index (χ1n) is 14.3. The molecule has 2 aliphatic heterocycles. The molecule has 2 aliphatic carbocycles. The Bertz CT molecular complexity index is 1190. The molecule has 6 heteroatoms. The fraction of sp³-hybridized carbons (Fsp3) is 0.625. The molecule has 38 heavy (non-hydrogen) atoms. The van der Waals surface area contributed by atoms with Gasteiger partial charge in [-0.3, -0.25) is 4.99 Å². The van der Waals surface area contributed by atoms with Crippen molar-refractivity contribution in [1.29, 1.82) is 0 Å². The summed E-state index contributed by atoms with van der Waals surface area (Å²) in [4.78, 5) is 11.5. The number of imidazole rings is 1. The third-order valence-electron chi connectivity index (χ3n) is 9.46. The number of ether oxygens (including phenoxy) is 2. The van der Waals surface area contributed by atoms with Gasteiger partial charge in [-0.25, -0.2) is 4.98 Å². The van der Waals surface area contributed by atoms with Crippen LogP contribution in [0.15, 0.2) is 52.1 Å². The summed E-state index contributed by atoms with van der Waals surface area (Å²) in [5.41, 5.74) is 2.61. The monoisotopic (exact) mass is 535 g/mol. The molecule has 1 aromatic heterocycles. The number of allylic oxidation sites excluding steroid dienone is 5. The molecule has 0 saturated carbocycles. The minimum Gasteiger partial charge on any atom is -0.497 e. The van der Waals surface area contributed by atoms with Crippen molar-refractivity contribution in [2.75, 3.05) is 33.1 Å². The normalized spacial score (nSPS) is 34.6. The molecule has 0 bridgehead atoms. The van der Waals surface area contributed by atoms with Gasteiger partial charge in [0.05, 0.1) is 32.1 Å². The van der Waals surface area contributed by atoms with Gasteiger partial charge in [-0.1, -0.05) is 52.0 Å². The molecule has 5 unspecified atom stereocenters. The van der Waals surface area contributed by atoms with E-state index in [1.165, 1.54) is 22.1 Å². The predicted octanol–water partition coefficient (Wildman–Crippen LogP) is 7.11. The van der Waals surface area contributed by atoms with Gasteiger partial charge in [0.15, 0.2) is 0 Å². The summed E-state index contributed by atoms with van der Waals surface area (Å²) in [7, 11) is 1.73. The van der Waals surface area contributed by atoms with Gasteiger partial charge in [0.1, 0.15) is 11.6 Å². The van der Waals surface area contributed by atoms with Gasteiger partial charge in [0, 0.05) is 39.8 Å². The van der Waals surface area contributed by atoms with E-state index in [1.54, 1.807) is 7.11 Å². The van der Waals surface area contributed by atoms with Gasteiger partial charge in [-0.15, -0.1) is 11.8 Å². The zero-order chi connectivity index (χ0) is 27.0. The van der Waals surface area contributed by atoms with E-state index in [1.807, 2.05) is 11.8 Å². The number of aryl methyl sites for hydroxylation is 1. The summed E-state index contributed by atoms with van der Waals surface area (Å²) in [5.74, 6) is 2.65. The molecular formula is C32H45N3O2S. The van der Waals surface area contributed by atoms with Crippen LogP contribution in [0.2, 0.25) is 0 Å². The Balaban J connectivity index is 1.47. The highest BCUT2D eigenvalue weighted by Gasteiger charge is 2.45. The summed E-state index contributed by atoms with van der Waals surface area (Å²) in [6.07, 6.45) is 24.1. The standard InChI is InChI=1S/C32H45N3O2S/c1-23-20-33-19-18-32(23,4)29-28(31(3)16-12-26(38-6)13-17-31)34-27-9-7-8-24(35(27)29)21-37-22-30(2)14-10-25(36-5)11-15-30/h10-14,16,19,23-24H,7-9,15,17-18,20-22H2,1-6H3. The molecule has 5 atom stereocenters. The Labute approximate surface area is 233 Å². The number of fused-ring (bicyclic) bond motifs is 1. The largest absolute Gasteiger partial charge is 0.497 e. The highest BCUT2D eigenvalue weighted by Crippen LogP contribution is 2.48. The van der Waals surface area contributed by atoms with E-state index in [4.69, 9.17) is 14.5 Å². The van der Waals surface area contributed by atoms with E-state index in [0.717, 1.165) is 57.4 Å². The van der Waals surface area contributed by atoms with Crippen LogP contribution in [0.1, 0.15) is 83.1 Å². The molecule has 5 nitrogen and oxygen atoms in total. The molecule has 5 rings (SSSR count). The zero-order valence-electron chi connectivity index (χ0n) is 24.1. The number of rotatable bonds is 8. The van der Waals surface area contributed by atoms with Crippen molar-refractivity contribution < 1.29 is 9.47 Å². The molecule has 0 amide bonds. The second kappa shape index (κ2) is 10.8. The molecule has 3 heterocycles. The first-order valence-corrected chi connectivity index (χ1v) is 15.5. The number of thioether (sulfide) groups is 1. The smallest absolute Gasteiger partial charge is 0.114 e. The van der Waals surface area contributed by atoms with Crippen molar-refractivity contribution in [2.24, 2.45) is 16.3 Å². The van der Waals surface area contributed by atoms with Gasteiger partial charge in [0.2, 0.25) is 0 Å². The second-order valence-electron chi connectivity index (χ2n) is 12.5. The van der Waals surface area contributed by atoms with E-state index in [2.05, 4.69) is 86.2 Å². The minimum atomic E-state index is -0.104. The number of hydrogen-bond donors (Lipinski definition) is 0. The Morgan fingerprint density at radius 3 is 2.61 bits per heavy atom. The molecule has 0 fully saturated rings. The van der Waals surface area contributed by atoms with Crippen molar-refractivity contribution in [3.8, 4) is 0 Å². The number of hydrogen-bond acceptors (Lipinski definition) is 5. The Hall–Kier alpha value is -2.05. The summed E-state index contributed by atoms with van der Waals surface area (Å²) in [6, 6.07) is 0.313. The van der Waals surface area contributed by atoms with Crippen molar-refractivity contribution in [2.45, 2.75) is 83.1 Å². The maximum Gasteiger partial charge on any atom is 0.114 e. The van der Waals surface area contributed by atoms with Crippen LogP contribution in [0.5, 0.6) is 0 Å². The molecule has 0 aromatic carbocycles. The van der Waals surface area contributed by atoms with Crippen molar-refractivity contribution in [3.63, 3.8) is 0 Å². The van der Waals surface area contributed by atoms with Gasteiger partial charge in [-0.2, -0.15) is 0 Å². The maximum atomic E-state index is 6.53. The van der Waals surface area contributed by atoms with E-state index in [9.17, 15) is 0 Å². The lowest BCUT2D eigenvalue weighted by Gasteiger charge is -2.42. The number of aliphatic imine (C=N–C) groups is 1. The molecule has 1 aromatic rings. The highest BCUT2D eigenvalue weighted by atomic mass is 32.2. The lowest BCUT2D eigenvalue weighted by atomic mass is 9.67. The SMILES string of the molecule is COC1=CCC(C)(COCC2CCCc3nc(C4(C)C=CC(SC)=CC4)c(C4(C)CC=NCC4C)n32)C=C1. The minimum absolute atomic E-state index is 0.00228. The van der Waals surface area contributed by atoms with Crippen LogP contribution >= 0.6 is 11.8 Å². The lowest BCUT2D eigenvalue weighted by molar-refractivity contribution is 0.0467. The fourth-order valence-electron chi connectivity index (χ4n) is 6.48. The van der Waals surface area contributed by atoms with Crippen molar-refractivity contribution in [3.05, 3.63) is 64.3 Å². The third kappa shape index (κ3) is 5.11. The Kier molecular flexibility index (Phi) is 7.85. The number of aromatic nitrogens is 2. The summed E-state index contributed by atoms with van der Waals surface area (Å²) in [6.45, 7) is 11.8. The van der Waals surface area contributed by atoms with Gasteiger partial charge in [0.25, 0.3) is 0 Å². The molecule has 206 valence electrons. The van der Waals surface area contributed by atoms with E-state index < -0.39 is 0 Å². The number of nitrogens with zero attached hydrogens (tertiary/aromatic N) is 3. The van der Waals surface area contributed by atoms with Crippen LogP contribution in [0.3, 0.4) is 0 Å². The number of methoxy groups -OCH3 is 1. The molecule has 0 radical (unpaired) electrons. The van der Waals surface area contributed by atoms with Gasteiger partial charge >= 0.3 is 0 Å². The van der Waals surface area contributed by atoms with Gasteiger partial charge in [-0.05, 0) is 62.6 Å². The maximum absolute atomic E-state index is 6.53. The van der Waals surface area contributed by atoms with Crippen LogP contribution in [0.4, 0.5) is 0 Å². The average molecular weight is 536 g/mol. The summed E-state index contributed by atoms with van der Waals surface area (Å²) < 4.78 is 14.5. The average Bonchev–Trinajstić information content (AvgIpc) is 3.34. The Morgan fingerprint density at radius 1 is 1.11 bits per heavy atom. The predicted molar refractivity (Wildman–Crippen MR) is 159 cm³/mol. The first kappa shape index (κ1) is 27.5. The summed E-state index contributed by atoms with van der Waals surface area (Å²) in [5, 5.41) is 0. The molecular weight excluding hydrogens is 490 g/mol. The molecule has 0 saturated heterocycles. The van der Waals surface area contributed by atoms with Crippen molar-refractivity contribution in [1.82, 2.24) is 9.55 Å². The topological polar surface area (TPSA) is 48.6 Å². The summed E-state index contributed by atoms with van der Waals surface area (Å²) >= 11 is 1.82. The third-order valence-corrected chi connectivity index (χ3v) is 10.2.